The molecule has 0 spiro atoms. The largest absolute Gasteiger partial charge is 0.491 e. The van der Waals surface area contributed by atoms with Gasteiger partial charge in [-0.25, -0.2) is 9.97 Å². The molecule has 6 heteroatoms. The van der Waals surface area contributed by atoms with Crippen LogP contribution in [0.3, 0.4) is 0 Å². The van der Waals surface area contributed by atoms with Crippen molar-refractivity contribution in [3.8, 4) is 5.95 Å². The van der Waals surface area contributed by atoms with Gasteiger partial charge < -0.3 is 10.0 Å². The van der Waals surface area contributed by atoms with Gasteiger partial charge >= 0.3 is 7.12 Å². The first-order valence-corrected chi connectivity index (χ1v) is 4.93. The lowest BCUT2D eigenvalue weighted by atomic mass is 9.83. The molecule has 0 saturated heterocycles. The van der Waals surface area contributed by atoms with Gasteiger partial charge in [0.2, 0.25) is 5.95 Å². The molecular formula is C10H12BN3O2. The van der Waals surface area contributed by atoms with Gasteiger partial charge in [-0.2, -0.15) is 0 Å². The molecular weight excluding hydrogens is 205 g/mol. The van der Waals surface area contributed by atoms with Gasteiger partial charge in [-0.1, -0.05) is 0 Å². The highest BCUT2D eigenvalue weighted by Crippen LogP contribution is 2.10. The molecule has 0 aliphatic heterocycles. The van der Waals surface area contributed by atoms with Gasteiger partial charge in [0, 0.05) is 29.2 Å². The molecule has 0 aromatic carbocycles. The zero-order valence-corrected chi connectivity index (χ0v) is 9.12. The third kappa shape index (κ3) is 1.85. The minimum absolute atomic E-state index is 0.284. The van der Waals surface area contributed by atoms with Crippen molar-refractivity contribution < 1.29 is 10.0 Å². The van der Waals surface area contributed by atoms with Crippen molar-refractivity contribution in [2.45, 2.75) is 13.8 Å². The molecule has 0 atom stereocenters. The Labute approximate surface area is 93.6 Å². The summed E-state index contributed by atoms with van der Waals surface area (Å²) in [6.45, 7) is 3.93. The summed E-state index contributed by atoms with van der Waals surface area (Å²) in [5.41, 5.74) is 2.36. The molecule has 2 aromatic heterocycles. The summed E-state index contributed by atoms with van der Waals surface area (Å²) in [7, 11) is -1.53. The van der Waals surface area contributed by atoms with Crippen LogP contribution in [0, 0.1) is 13.8 Å². The highest BCUT2D eigenvalue weighted by molar-refractivity contribution is 6.58. The number of aryl methyl sites for hydroxylation is 2. The van der Waals surface area contributed by atoms with Gasteiger partial charge in [0.15, 0.2) is 0 Å². The van der Waals surface area contributed by atoms with Gasteiger partial charge in [0.05, 0.1) is 0 Å². The van der Waals surface area contributed by atoms with Crippen LogP contribution in [0.25, 0.3) is 5.95 Å². The fourth-order valence-corrected chi connectivity index (χ4v) is 1.56. The van der Waals surface area contributed by atoms with Crippen LogP contribution in [0.1, 0.15) is 11.4 Å². The van der Waals surface area contributed by atoms with Gasteiger partial charge in [-0.3, -0.25) is 4.57 Å². The molecule has 2 rings (SSSR count). The molecule has 0 saturated carbocycles. The SMILES string of the molecule is Cc1ccc(C)n1-c1ncc(B(O)O)cn1. The van der Waals surface area contributed by atoms with E-state index in [2.05, 4.69) is 9.97 Å². The predicted octanol–water partition coefficient (Wildman–Crippen LogP) is -0.436. The monoisotopic (exact) mass is 217 g/mol. The summed E-state index contributed by atoms with van der Waals surface area (Å²) in [5, 5.41) is 17.8. The van der Waals surface area contributed by atoms with E-state index < -0.39 is 7.12 Å². The Morgan fingerprint density at radius 3 is 2.00 bits per heavy atom. The first-order chi connectivity index (χ1) is 7.59. The maximum Gasteiger partial charge on any atom is 0.491 e. The average Bonchev–Trinajstić information content (AvgIpc) is 2.59. The molecule has 0 fully saturated rings. The second-order valence-corrected chi connectivity index (χ2v) is 3.64. The fourth-order valence-electron chi connectivity index (χ4n) is 1.56. The molecule has 0 radical (unpaired) electrons. The lowest BCUT2D eigenvalue weighted by Crippen LogP contribution is -2.31. The van der Waals surface area contributed by atoms with E-state index in [0.29, 0.717) is 5.95 Å². The van der Waals surface area contributed by atoms with Crippen LogP contribution < -0.4 is 5.46 Å². The van der Waals surface area contributed by atoms with Gasteiger partial charge in [0.25, 0.3) is 0 Å². The van der Waals surface area contributed by atoms with Crippen LogP contribution in [0.15, 0.2) is 24.5 Å². The Kier molecular flexibility index (Phi) is 2.76. The van der Waals surface area contributed by atoms with Crippen molar-refractivity contribution >= 4 is 12.6 Å². The molecule has 2 heterocycles. The van der Waals surface area contributed by atoms with Crippen molar-refractivity contribution in [1.29, 1.82) is 0 Å². The molecule has 2 N–H and O–H groups in total. The van der Waals surface area contributed by atoms with E-state index in [4.69, 9.17) is 10.0 Å². The van der Waals surface area contributed by atoms with Crippen LogP contribution in [0.2, 0.25) is 0 Å². The van der Waals surface area contributed by atoms with E-state index in [1.807, 2.05) is 30.5 Å². The molecule has 0 aliphatic rings. The molecule has 0 unspecified atom stereocenters. The Morgan fingerprint density at radius 1 is 1.06 bits per heavy atom. The summed E-state index contributed by atoms with van der Waals surface area (Å²) < 4.78 is 1.90. The second kappa shape index (κ2) is 4.07. The molecule has 82 valence electrons. The summed E-state index contributed by atoms with van der Waals surface area (Å²) in [4.78, 5) is 8.19. The minimum atomic E-state index is -1.53. The minimum Gasteiger partial charge on any atom is -0.423 e. The Bertz CT molecular complexity index is 474. The Balaban J connectivity index is 2.42. The first kappa shape index (κ1) is 10.8. The molecule has 2 aromatic rings. The maximum absolute atomic E-state index is 8.92. The lowest BCUT2D eigenvalue weighted by molar-refractivity contribution is 0.425. The van der Waals surface area contributed by atoms with Crippen LogP contribution in [0.5, 0.6) is 0 Å². The fraction of sp³-hybridized carbons (Fsp3) is 0.200. The summed E-state index contributed by atoms with van der Waals surface area (Å²) in [6.07, 6.45) is 2.82. The summed E-state index contributed by atoms with van der Waals surface area (Å²) in [6, 6.07) is 3.96. The van der Waals surface area contributed by atoms with Crippen molar-refractivity contribution in [2.24, 2.45) is 0 Å². The van der Waals surface area contributed by atoms with Crippen molar-refractivity contribution in [1.82, 2.24) is 14.5 Å². The van der Waals surface area contributed by atoms with Crippen LogP contribution in [-0.2, 0) is 0 Å². The quantitative estimate of drug-likeness (QED) is 0.669. The molecule has 0 amide bonds. The number of nitrogens with zero attached hydrogens (tertiary/aromatic N) is 3. The molecule has 16 heavy (non-hydrogen) atoms. The summed E-state index contributed by atoms with van der Waals surface area (Å²) >= 11 is 0. The van der Waals surface area contributed by atoms with Crippen molar-refractivity contribution in [3.63, 3.8) is 0 Å². The highest BCUT2D eigenvalue weighted by Gasteiger charge is 2.13. The molecule has 0 bridgehead atoms. The standard InChI is InChI=1S/C10H12BN3O2/c1-7-3-4-8(2)14(7)10-12-5-9(6-13-10)11(15)16/h3-6,15-16H,1-2H3. The van der Waals surface area contributed by atoms with E-state index in [9.17, 15) is 0 Å². The van der Waals surface area contributed by atoms with Crippen LogP contribution >= 0.6 is 0 Å². The number of hydrogen-bond acceptors (Lipinski definition) is 4. The van der Waals surface area contributed by atoms with Gasteiger partial charge in [-0.15, -0.1) is 0 Å². The van der Waals surface area contributed by atoms with Crippen LogP contribution in [0.4, 0.5) is 0 Å². The van der Waals surface area contributed by atoms with Gasteiger partial charge in [0.1, 0.15) is 0 Å². The smallest absolute Gasteiger partial charge is 0.423 e. The van der Waals surface area contributed by atoms with Gasteiger partial charge in [-0.05, 0) is 26.0 Å². The van der Waals surface area contributed by atoms with Crippen molar-refractivity contribution in [3.05, 3.63) is 35.9 Å². The number of hydrogen-bond donors (Lipinski definition) is 2. The topological polar surface area (TPSA) is 71.2 Å². The highest BCUT2D eigenvalue weighted by atomic mass is 16.4. The second-order valence-electron chi connectivity index (χ2n) is 3.64. The Morgan fingerprint density at radius 2 is 1.56 bits per heavy atom. The van der Waals surface area contributed by atoms with E-state index in [1.165, 1.54) is 12.4 Å². The zero-order valence-electron chi connectivity index (χ0n) is 9.12. The average molecular weight is 217 g/mol. The first-order valence-electron chi connectivity index (χ1n) is 4.93. The summed E-state index contributed by atoms with van der Waals surface area (Å²) in [5.74, 6) is 0.532. The third-order valence-electron chi connectivity index (χ3n) is 2.43. The van der Waals surface area contributed by atoms with Crippen molar-refractivity contribution in [2.75, 3.05) is 0 Å². The maximum atomic E-state index is 8.92. The lowest BCUT2D eigenvalue weighted by Gasteiger charge is -2.07. The van der Waals surface area contributed by atoms with E-state index >= 15 is 0 Å². The van der Waals surface area contributed by atoms with E-state index in [0.717, 1.165) is 11.4 Å². The Hall–Kier alpha value is -1.66. The predicted molar refractivity (Wildman–Crippen MR) is 60.7 cm³/mol. The number of rotatable bonds is 2. The van der Waals surface area contributed by atoms with E-state index in [-0.39, 0.29) is 5.46 Å². The number of aromatic nitrogens is 3. The molecule has 5 nitrogen and oxygen atoms in total. The molecule has 0 aliphatic carbocycles. The normalized spacial score (nSPS) is 10.5. The van der Waals surface area contributed by atoms with E-state index in [1.54, 1.807) is 0 Å². The van der Waals surface area contributed by atoms with Crippen LogP contribution in [-0.4, -0.2) is 31.7 Å². The zero-order chi connectivity index (χ0) is 11.7. The third-order valence-corrected chi connectivity index (χ3v) is 2.43.